The first-order valence-corrected chi connectivity index (χ1v) is 8.56. The Morgan fingerprint density at radius 3 is 2.67 bits per heavy atom. The molecule has 0 saturated carbocycles. The van der Waals surface area contributed by atoms with Crippen molar-refractivity contribution in [1.82, 2.24) is 15.0 Å². The summed E-state index contributed by atoms with van der Waals surface area (Å²) in [6, 6.07) is 7.36. The molecule has 0 saturated heterocycles. The summed E-state index contributed by atoms with van der Waals surface area (Å²) in [5, 5.41) is 14.7. The number of aromatic nitrogens is 2. The van der Waals surface area contributed by atoms with Crippen molar-refractivity contribution in [2.45, 2.75) is 25.4 Å². The first-order chi connectivity index (χ1) is 13.0. The Hall–Kier alpha value is -3.07. The minimum atomic E-state index is -0.657. The number of methoxy groups -OCH3 is 2. The molecule has 1 aromatic heterocycles. The molecule has 9 heteroatoms. The van der Waals surface area contributed by atoms with Crippen LogP contribution >= 0.6 is 0 Å². The maximum atomic E-state index is 12.3. The number of aromatic hydroxyl groups is 1. The van der Waals surface area contributed by atoms with Gasteiger partial charge in [-0.15, -0.1) is 0 Å². The lowest BCUT2D eigenvalue weighted by Gasteiger charge is -2.12. The molecule has 1 unspecified atom stereocenters. The number of H-pyrrole nitrogens is 1. The lowest BCUT2D eigenvalue weighted by atomic mass is 10.00. The Labute approximate surface area is 155 Å². The van der Waals surface area contributed by atoms with E-state index in [1.165, 1.54) is 0 Å². The second kappa shape index (κ2) is 8.09. The summed E-state index contributed by atoms with van der Waals surface area (Å²) in [7, 11) is 3.15. The van der Waals surface area contributed by atoms with Crippen molar-refractivity contribution in [3.05, 3.63) is 56.2 Å². The van der Waals surface area contributed by atoms with Gasteiger partial charge in [-0.25, -0.2) is 4.79 Å². The number of nitrogens with zero attached hydrogens (tertiary/aromatic N) is 2. The average Bonchev–Trinajstić information content (AvgIpc) is 3.14. The van der Waals surface area contributed by atoms with Gasteiger partial charge in [-0.2, -0.15) is 5.10 Å². The molecule has 0 fully saturated rings. The third-order valence-electron chi connectivity index (χ3n) is 4.46. The van der Waals surface area contributed by atoms with Gasteiger partial charge in [-0.05, 0) is 24.1 Å². The van der Waals surface area contributed by atoms with E-state index in [1.54, 1.807) is 14.2 Å². The van der Waals surface area contributed by atoms with Gasteiger partial charge in [0.05, 0.1) is 18.9 Å². The molecule has 9 nitrogen and oxygen atoms in total. The second-order valence-electron chi connectivity index (χ2n) is 6.17. The summed E-state index contributed by atoms with van der Waals surface area (Å²) >= 11 is 0. The smallest absolute Gasteiger partial charge is 0.331 e. The summed E-state index contributed by atoms with van der Waals surface area (Å²) < 4.78 is 11.2. The Bertz CT molecular complexity index is 946. The van der Waals surface area contributed by atoms with E-state index in [1.807, 2.05) is 24.3 Å². The van der Waals surface area contributed by atoms with Crippen LogP contribution in [-0.4, -0.2) is 41.2 Å². The fourth-order valence-corrected chi connectivity index (χ4v) is 3.02. The highest BCUT2D eigenvalue weighted by molar-refractivity contribution is 6.03. The van der Waals surface area contributed by atoms with Gasteiger partial charge in [0.25, 0.3) is 5.56 Å². The molecule has 1 aliphatic rings. The molecular formula is C18H22N4O5. The lowest BCUT2D eigenvalue weighted by molar-refractivity contribution is 0.188. The number of hydrazone groups is 1. The van der Waals surface area contributed by atoms with Gasteiger partial charge >= 0.3 is 5.69 Å². The molecule has 0 spiro atoms. The van der Waals surface area contributed by atoms with Crippen LogP contribution < -0.4 is 21.4 Å². The largest absolute Gasteiger partial charge is 0.497 e. The molecule has 1 atom stereocenters. The SMILES string of the molecule is COCCCn1c(O)c(C2=NNC(c3ccc(OC)cc3)C2)c(=O)[nH]c1=O. The van der Waals surface area contributed by atoms with Crippen molar-refractivity contribution in [2.24, 2.45) is 5.10 Å². The molecule has 2 heterocycles. The second-order valence-corrected chi connectivity index (χ2v) is 6.17. The number of aromatic amines is 1. The Morgan fingerprint density at radius 2 is 2.00 bits per heavy atom. The molecule has 27 heavy (non-hydrogen) atoms. The van der Waals surface area contributed by atoms with Crippen LogP contribution in [0.2, 0.25) is 0 Å². The Balaban J connectivity index is 1.85. The highest BCUT2D eigenvalue weighted by Crippen LogP contribution is 2.27. The van der Waals surface area contributed by atoms with E-state index in [0.717, 1.165) is 15.9 Å². The van der Waals surface area contributed by atoms with Gasteiger partial charge < -0.3 is 20.0 Å². The first kappa shape index (κ1) is 18.7. The number of nitrogens with one attached hydrogen (secondary N) is 2. The van der Waals surface area contributed by atoms with Crippen molar-refractivity contribution in [3.8, 4) is 11.6 Å². The van der Waals surface area contributed by atoms with Gasteiger partial charge in [0.2, 0.25) is 5.88 Å². The number of hydrogen-bond donors (Lipinski definition) is 3. The van der Waals surface area contributed by atoms with E-state index in [2.05, 4.69) is 15.5 Å². The molecule has 3 N–H and O–H groups in total. The third kappa shape index (κ3) is 3.87. The quantitative estimate of drug-likeness (QED) is 0.615. The van der Waals surface area contributed by atoms with Crippen LogP contribution in [-0.2, 0) is 11.3 Å². The van der Waals surface area contributed by atoms with Crippen LogP contribution in [0.25, 0.3) is 0 Å². The molecule has 1 aromatic carbocycles. The van der Waals surface area contributed by atoms with Gasteiger partial charge in [-0.3, -0.25) is 14.3 Å². The molecule has 0 bridgehead atoms. The number of hydrogen-bond acceptors (Lipinski definition) is 7. The zero-order valence-electron chi connectivity index (χ0n) is 15.2. The molecule has 0 amide bonds. The topological polar surface area (TPSA) is 118 Å². The molecule has 0 aliphatic carbocycles. The number of rotatable bonds is 7. The van der Waals surface area contributed by atoms with Gasteiger partial charge in [-0.1, -0.05) is 12.1 Å². The molecular weight excluding hydrogens is 352 g/mol. The van der Waals surface area contributed by atoms with E-state index in [-0.39, 0.29) is 24.0 Å². The van der Waals surface area contributed by atoms with Gasteiger partial charge in [0, 0.05) is 26.7 Å². The average molecular weight is 374 g/mol. The van der Waals surface area contributed by atoms with Crippen LogP contribution in [0.1, 0.15) is 30.0 Å². The molecule has 0 radical (unpaired) electrons. The van der Waals surface area contributed by atoms with Crippen LogP contribution in [0.4, 0.5) is 0 Å². The Kier molecular flexibility index (Phi) is 5.60. The summed E-state index contributed by atoms with van der Waals surface area (Å²) in [6.07, 6.45) is 0.924. The minimum Gasteiger partial charge on any atom is -0.497 e. The zero-order chi connectivity index (χ0) is 19.4. The van der Waals surface area contributed by atoms with Crippen LogP contribution in [0.5, 0.6) is 11.6 Å². The van der Waals surface area contributed by atoms with Crippen LogP contribution in [0.15, 0.2) is 39.0 Å². The summed E-state index contributed by atoms with van der Waals surface area (Å²) in [5.41, 5.74) is 3.04. The van der Waals surface area contributed by atoms with Gasteiger partial charge in [0.15, 0.2) is 0 Å². The monoisotopic (exact) mass is 374 g/mol. The van der Waals surface area contributed by atoms with Crippen molar-refractivity contribution >= 4 is 5.71 Å². The minimum absolute atomic E-state index is 0.00975. The molecule has 3 rings (SSSR count). The zero-order valence-corrected chi connectivity index (χ0v) is 15.2. The van der Waals surface area contributed by atoms with Crippen molar-refractivity contribution in [2.75, 3.05) is 20.8 Å². The summed E-state index contributed by atoms with van der Waals surface area (Å²) in [5.74, 6) is 0.367. The van der Waals surface area contributed by atoms with Crippen LogP contribution in [0.3, 0.4) is 0 Å². The van der Waals surface area contributed by atoms with Crippen LogP contribution in [0, 0.1) is 0 Å². The van der Waals surface area contributed by atoms with E-state index < -0.39 is 11.2 Å². The maximum Gasteiger partial charge on any atom is 0.331 e. The van der Waals surface area contributed by atoms with Crippen molar-refractivity contribution in [3.63, 3.8) is 0 Å². The van der Waals surface area contributed by atoms with E-state index in [4.69, 9.17) is 9.47 Å². The highest BCUT2D eigenvalue weighted by atomic mass is 16.5. The fourth-order valence-electron chi connectivity index (χ4n) is 3.02. The molecule has 2 aromatic rings. The number of ether oxygens (including phenoxy) is 2. The predicted octanol–water partition coefficient (Wildman–Crippen LogP) is 0.726. The first-order valence-electron chi connectivity index (χ1n) is 8.56. The predicted molar refractivity (Wildman–Crippen MR) is 99.5 cm³/mol. The maximum absolute atomic E-state index is 12.3. The molecule has 1 aliphatic heterocycles. The summed E-state index contributed by atoms with van der Waals surface area (Å²) in [4.78, 5) is 26.5. The summed E-state index contributed by atoms with van der Waals surface area (Å²) in [6.45, 7) is 0.660. The van der Waals surface area contributed by atoms with Crippen molar-refractivity contribution < 1.29 is 14.6 Å². The third-order valence-corrected chi connectivity index (χ3v) is 4.46. The van der Waals surface area contributed by atoms with E-state index in [9.17, 15) is 14.7 Å². The number of benzene rings is 1. The van der Waals surface area contributed by atoms with E-state index >= 15 is 0 Å². The lowest BCUT2D eigenvalue weighted by Crippen LogP contribution is -2.34. The highest BCUT2D eigenvalue weighted by Gasteiger charge is 2.27. The standard InChI is InChI=1S/C18H22N4O5/c1-26-9-3-8-22-17(24)15(16(23)19-18(22)25)14-10-13(20-21-14)11-4-6-12(27-2)7-5-11/h4-7,13,20,24H,3,8-10H2,1-2H3,(H,19,23,25). The van der Waals surface area contributed by atoms with Crippen molar-refractivity contribution in [1.29, 1.82) is 0 Å². The normalized spacial score (nSPS) is 16.1. The van der Waals surface area contributed by atoms with Gasteiger partial charge in [0.1, 0.15) is 11.3 Å². The fraction of sp³-hybridized carbons (Fsp3) is 0.389. The molecule has 144 valence electrons. The van der Waals surface area contributed by atoms with E-state index in [0.29, 0.717) is 25.2 Å². The Morgan fingerprint density at radius 1 is 1.26 bits per heavy atom.